The van der Waals surface area contributed by atoms with Gasteiger partial charge in [0.05, 0.1) is 11.7 Å². The zero-order valence-corrected chi connectivity index (χ0v) is 24.8. The van der Waals surface area contributed by atoms with E-state index in [0.717, 1.165) is 22.3 Å². The molecule has 7 nitrogen and oxygen atoms in total. The Morgan fingerprint density at radius 3 is 1.95 bits per heavy atom. The highest BCUT2D eigenvalue weighted by atomic mass is 32.2. The predicted octanol–water partition coefficient (Wildman–Crippen LogP) is 6.23. The lowest BCUT2D eigenvalue weighted by molar-refractivity contribution is -0.117. The summed E-state index contributed by atoms with van der Waals surface area (Å²) in [6, 6.07) is 32.8. The second kappa shape index (κ2) is 13.1. The molecule has 0 radical (unpaired) electrons. The molecule has 2 amide bonds. The molecule has 0 saturated heterocycles. The quantitative estimate of drug-likeness (QED) is 0.191. The van der Waals surface area contributed by atoms with Crippen molar-refractivity contribution in [3.63, 3.8) is 0 Å². The van der Waals surface area contributed by atoms with Gasteiger partial charge in [0.2, 0.25) is 5.91 Å². The Morgan fingerprint density at radius 1 is 0.786 bits per heavy atom. The third-order valence-corrected chi connectivity index (χ3v) is 7.78. The van der Waals surface area contributed by atoms with Crippen LogP contribution in [-0.2, 0) is 26.7 Å². The van der Waals surface area contributed by atoms with E-state index in [0.29, 0.717) is 17.7 Å². The fourth-order valence-corrected chi connectivity index (χ4v) is 4.97. The van der Waals surface area contributed by atoms with E-state index >= 15 is 0 Å². The Labute approximate surface area is 247 Å². The molecule has 0 aromatic heterocycles. The van der Waals surface area contributed by atoms with Crippen LogP contribution in [0.5, 0.6) is 0 Å². The van der Waals surface area contributed by atoms with Gasteiger partial charge in [0.25, 0.3) is 16.0 Å². The summed E-state index contributed by atoms with van der Waals surface area (Å²) in [4.78, 5) is 26.1. The van der Waals surface area contributed by atoms with E-state index in [-0.39, 0.29) is 17.9 Å². The number of carbonyl (C=O) groups is 2. The lowest BCUT2D eigenvalue weighted by Crippen LogP contribution is -2.28. The summed E-state index contributed by atoms with van der Waals surface area (Å²) >= 11 is 0. The van der Waals surface area contributed by atoms with Gasteiger partial charge in [0, 0.05) is 17.8 Å². The summed E-state index contributed by atoms with van der Waals surface area (Å²) in [5.41, 5.74) is 6.11. The van der Waals surface area contributed by atoms with Crippen LogP contribution < -0.4 is 10.6 Å². The van der Waals surface area contributed by atoms with Crippen molar-refractivity contribution >= 4 is 27.6 Å². The molecule has 0 aliphatic rings. The van der Waals surface area contributed by atoms with Crippen molar-refractivity contribution in [3.05, 3.63) is 125 Å². The third-order valence-electron chi connectivity index (χ3n) is 7.06. The minimum atomic E-state index is -4.16. The standard InChI is InChI=1S/C34H36N2O5S/c1-34(2,3)29-17-13-27(14-18-29)31(23-24-9-11-28(12-10-24)32(37)35-21-22-42(39,40)41)33(38)36-30-19-15-26(16-20-30)25-7-5-4-6-8-25/h4-20,31H,21-23H2,1-3H3,(H,35,37)(H,36,38)(H,39,40,41). The topological polar surface area (TPSA) is 113 Å². The van der Waals surface area contributed by atoms with Crippen LogP contribution in [0, 0.1) is 0 Å². The van der Waals surface area contributed by atoms with Crippen molar-refractivity contribution < 1.29 is 22.6 Å². The Bertz CT molecular complexity index is 1610. The first-order chi connectivity index (χ1) is 19.9. The van der Waals surface area contributed by atoms with E-state index in [1.54, 1.807) is 24.3 Å². The molecule has 0 aliphatic heterocycles. The van der Waals surface area contributed by atoms with Gasteiger partial charge in [-0.05, 0) is 63.9 Å². The Hall–Kier alpha value is -4.27. The number of rotatable bonds is 10. The molecule has 0 fully saturated rings. The predicted molar refractivity (Wildman–Crippen MR) is 167 cm³/mol. The first-order valence-electron chi connectivity index (χ1n) is 13.8. The molecule has 0 saturated carbocycles. The van der Waals surface area contributed by atoms with Crippen molar-refractivity contribution in [3.8, 4) is 11.1 Å². The van der Waals surface area contributed by atoms with E-state index < -0.39 is 27.7 Å². The molecule has 42 heavy (non-hydrogen) atoms. The van der Waals surface area contributed by atoms with Crippen molar-refractivity contribution in [1.82, 2.24) is 5.32 Å². The molecule has 0 spiro atoms. The summed E-state index contributed by atoms with van der Waals surface area (Å²) in [7, 11) is -4.16. The minimum Gasteiger partial charge on any atom is -0.351 e. The zero-order valence-electron chi connectivity index (χ0n) is 24.0. The number of carbonyl (C=O) groups excluding carboxylic acids is 2. The zero-order chi connectivity index (χ0) is 30.3. The van der Waals surface area contributed by atoms with Crippen LogP contribution in [0.25, 0.3) is 11.1 Å². The van der Waals surface area contributed by atoms with Gasteiger partial charge in [0.1, 0.15) is 0 Å². The van der Waals surface area contributed by atoms with E-state index in [1.807, 2.05) is 66.7 Å². The fourth-order valence-electron chi connectivity index (χ4n) is 4.61. The normalized spacial score (nSPS) is 12.4. The lowest BCUT2D eigenvalue weighted by atomic mass is 9.84. The molecule has 4 aromatic carbocycles. The number of anilines is 1. The molecule has 1 atom stereocenters. The molecule has 4 aromatic rings. The molecule has 218 valence electrons. The van der Waals surface area contributed by atoms with Gasteiger partial charge in [-0.25, -0.2) is 0 Å². The highest BCUT2D eigenvalue weighted by Crippen LogP contribution is 2.28. The van der Waals surface area contributed by atoms with Crippen molar-refractivity contribution in [2.75, 3.05) is 17.6 Å². The van der Waals surface area contributed by atoms with Crippen LogP contribution in [0.2, 0.25) is 0 Å². The molecule has 0 heterocycles. The van der Waals surface area contributed by atoms with Crippen LogP contribution in [0.3, 0.4) is 0 Å². The van der Waals surface area contributed by atoms with Crippen LogP contribution in [0.4, 0.5) is 5.69 Å². The average molecular weight is 585 g/mol. The van der Waals surface area contributed by atoms with E-state index in [1.165, 1.54) is 5.56 Å². The number of hydrogen-bond acceptors (Lipinski definition) is 4. The maximum absolute atomic E-state index is 13.7. The van der Waals surface area contributed by atoms with Crippen molar-refractivity contribution in [2.45, 2.75) is 38.5 Å². The van der Waals surface area contributed by atoms with Gasteiger partial charge in [-0.15, -0.1) is 0 Å². The molecule has 0 bridgehead atoms. The van der Waals surface area contributed by atoms with Crippen molar-refractivity contribution in [1.29, 1.82) is 0 Å². The monoisotopic (exact) mass is 584 g/mol. The number of amides is 2. The Morgan fingerprint density at radius 2 is 1.38 bits per heavy atom. The fraction of sp³-hybridized carbons (Fsp3) is 0.235. The molecular weight excluding hydrogens is 548 g/mol. The third kappa shape index (κ3) is 8.61. The van der Waals surface area contributed by atoms with Gasteiger partial charge in [-0.3, -0.25) is 14.1 Å². The highest BCUT2D eigenvalue weighted by Gasteiger charge is 2.23. The summed E-state index contributed by atoms with van der Waals surface area (Å²) in [6.07, 6.45) is 0.410. The number of hydrogen-bond donors (Lipinski definition) is 3. The molecule has 1 unspecified atom stereocenters. The molecular formula is C34H36N2O5S. The summed E-state index contributed by atoms with van der Waals surface area (Å²) in [5, 5.41) is 5.55. The maximum atomic E-state index is 13.7. The van der Waals surface area contributed by atoms with Crippen LogP contribution >= 0.6 is 0 Å². The number of benzene rings is 4. The molecule has 4 rings (SSSR count). The second-order valence-corrected chi connectivity index (χ2v) is 12.9. The van der Waals surface area contributed by atoms with Gasteiger partial charge >= 0.3 is 0 Å². The summed E-state index contributed by atoms with van der Waals surface area (Å²) < 4.78 is 30.6. The van der Waals surface area contributed by atoms with Crippen LogP contribution in [0.1, 0.15) is 53.7 Å². The van der Waals surface area contributed by atoms with Gasteiger partial charge < -0.3 is 10.6 Å². The lowest BCUT2D eigenvalue weighted by Gasteiger charge is -2.22. The average Bonchev–Trinajstić information content (AvgIpc) is 2.96. The first kappa shape index (κ1) is 30.7. The van der Waals surface area contributed by atoms with Crippen LogP contribution in [0.15, 0.2) is 103 Å². The van der Waals surface area contributed by atoms with E-state index in [2.05, 4.69) is 43.5 Å². The molecule has 0 aliphatic carbocycles. The SMILES string of the molecule is CC(C)(C)c1ccc(C(Cc2ccc(C(=O)NCCS(=O)(=O)O)cc2)C(=O)Nc2ccc(-c3ccccc3)cc2)cc1. The second-order valence-electron chi connectivity index (χ2n) is 11.3. The smallest absolute Gasteiger partial charge is 0.266 e. The summed E-state index contributed by atoms with van der Waals surface area (Å²) in [6.45, 7) is 6.24. The molecule has 8 heteroatoms. The number of nitrogens with one attached hydrogen (secondary N) is 2. The minimum absolute atomic E-state index is 0.0193. The van der Waals surface area contributed by atoms with Crippen LogP contribution in [-0.4, -0.2) is 37.1 Å². The van der Waals surface area contributed by atoms with Gasteiger partial charge in [-0.2, -0.15) is 8.42 Å². The van der Waals surface area contributed by atoms with Gasteiger partial charge in [0.15, 0.2) is 0 Å². The largest absolute Gasteiger partial charge is 0.351 e. The van der Waals surface area contributed by atoms with Crippen molar-refractivity contribution in [2.24, 2.45) is 0 Å². The Balaban J connectivity index is 1.52. The maximum Gasteiger partial charge on any atom is 0.266 e. The highest BCUT2D eigenvalue weighted by molar-refractivity contribution is 7.85. The van der Waals surface area contributed by atoms with E-state index in [9.17, 15) is 18.0 Å². The molecule has 3 N–H and O–H groups in total. The van der Waals surface area contributed by atoms with Gasteiger partial charge in [-0.1, -0.05) is 99.6 Å². The van der Waals surface area contributed by atoms with E-state index in [4.69, 9.17) is 4.55 Å². The first-order valence-corrected chi connectivity index (χ1v) is 15.4. The summed E-state index contributed by atoms with van der Waals surface area (Å²) in [5.74, 6) is -1.63. The Kier molecular flexibility index (Phi) is 9.60.